The number of aryl methyl sites for hydroxylation is 1. The Bertz CT molecular complexity index is 1010. The molecule has 5 heteroatoms. The van der Waals surface area contributed by atoms with Crippen LogP contribution in [0.1, 0.15) is 58.4 Å². The Kier molecular flexibility index (Phi) is 5.75. The number of nitrogens with one attached hydrogen (secondary N) is 2. The summed E-state index contributed by atoms with van der Waals surface area (Å²) in [6.45, 7) is 14.9. The fourth-order valence-electron chi connectivity index (χ4n) is 3.08. The Balaban J connectivity index is 1.82. The van der Waals surface area contributed by atoms with Crippen LogP contribution in [0, 0.1) is 6.92 Å². The Morgan fingerprint density at radius 3 is 1.53 bits per heavy atom. The lowest BCUT2D eigenvalue weighted by Gasteiger charge is -2.20. The molecule has 0 radical (unpaired) electrons. The monoisotopic (exact) mass is 404 g/mol. The SMILES string of the molecule is Cc1nc(Nc2ccc(C(C)(C)C)cc2)nc(Nc2ccc(C(C)(C)C)cc2)c1O. The molecule has 0 bridgehead atoms. The maximum Gasteiger partial charge on any atom is 0.229 e. The molecule has 3 N–H and O–H groups in total. The second-order valence-electron chi connectivity index (χ2n) is 9.73. The van der Waals surface area contributed by atoms with E-state index in [9.17, 15) is 5.11 Å². The number of anilines is 4. The van der Waals surface area contributed by atoms with Crippen molar-refractivity contribution in [3.05, 3.63) is 65.4 Å². The summed E-state index contributed by atoms with van der Waals surface area (Å²) in [5.41, 5.74) is 4.96. The first-order valence-electron chi connectivity index (χ1n) is 10.3. The number of benzene rings is 2. The fourth-order valence-corrected chi connectivity index (χ4v) is 3.08. The average Bonchev–Trinajstić information content (AvgIpc) is 2.65. The molecule has 1 aromatic heterocycles. The van der Waals surface area contributed by atoms with Gasteiger partial charge < -0.3 is 15.7 Å². The van der Waals surface area contributed by atoms with Crippen LogP contribution in [0.15, 0.2) is 48.5 Å². The largest absolute Gasteiger partial charge is 0.503 e. The number of hydrogen-bond donors (Lipinski definition) is 3. The summed E-state index contributed by atoms with van der Waals surface area (Å²) in [5.74, 6) is 0.853. The molecular weight excluding hydrogens is 372 g/mol. The van der Waals surface area contributed by atoms with Crippen LogP contribution in [-0.4, -0.2) is 15.1 Å². The van der Waals surface area contributed by atoms with Crippen molar-refractivity contribution in [1.82, 2.24) is 9.97 Å². The van der Waals surface area contributed by atoms with Crippen molar-refractivity contribution < 1.29 is 5.11 Å². The van der Waals surface area contributed by atoms with E-state index in [1.54, 1.807) is 6.92 Å². The van der Waals surface area contributed by atoms with Crippen molar-refractivity contribution >= 4 is 23.1 Å². The summed E-state index contributed by atoms with van der Waals surface area (Å²) in [4.78, 5) is 8.86. The molecule has 3 rings (SSSR count). The van der Waals surface area contributed by atoms with Crippen LogP contribution in [0.3, 0.4) is 0 Å². The Hall–Kier alpha value is -3.08. The third kappa shape index (κ3) is 5.09. The highest BCUT2D eigenvalue weighted by molar-refractivity contribution is 5.66. The molecule has 5 nitrogen and oxygen atoms in total. The average molecular weight is 405 g/mol. The van der Waals surface area contributed by atoms with Crippen LogP contribution in [0.4, 0.5) is 23.1 Å². The Morgan fingerprint density at radius 2 is 1.10 bits per heavy atom. The molecule has 0 aliphatic rings. The van der Waals surface area contributed by atoms with Crippen molar-refractivity contribution in [2.75, 3.05) is 10.6 Å². The zero-order valence-corrected chi connectivity index (χ0v) is 19.0. The van der Waals surface area contributed by atoms with Gasteiger partial charge in [0.15, 0.2) is 11.6 Å². The molecule has 1 heterocycles. The summed E-state index contributed by atoms with van der Waals surface area (Å²) in [5, 5.41) is 16.9. The van der Waals surface area contributed by atoms with Gasteiger partial charge in [0.05, 0.1) is 5.69 Å². The normalized spacial score (nSPS) is 12.0. The molecule has 158 valence electrons. The molecule has 0 saturated heterocycles. The van der Waals surface area contributed by atoms with Crippen LogP contribution in [-0.2, 0) is 10.8 Å². The van der Waals surface area contributed by atoms with Crippen molar-refractivity contribution in [1.29, 1.82) is 0 Å². The highest BCUT2D eigenvalue weighted by Gasteiger charge is 2.15. The first kappa shape index (κ1) is 21.6. The second kappa shape index (κ2) is 7.98. The lowest BCUT2D eigenvalue weighted by Crippen LogP contribution is -2.11. The van der Waals surface area contributed by atoms with E-state index < -0.39 is 0 Å². The number of rotatable bonds is 4. The van der Waals surface area contributed by atoms with Crippen molar-refractivity contribution in [3.8, 4) is 5.75 Å². The molecule has 0 aliphatic carbocycles. The molecule has 0 unspecified atom stereocenters. The van der Waals surface area contributed by atoms with Gasteiger partial charge in [0.1, 0.15) is 0 Å². The maximum atomic E-state index is 10.4. The molecule has 0 saturated carbocycles. The van der Waals surface area contributed by atoms with E-state index in [-0.39, 0.29) is 16.6 Å². The van der Waals surface area contributed by atoms with Crippen molar-refractivity contribution in [3.63, 3.8) is 0 Å². The minimum absolute atomic E-state index is 0.0449. The quantitative estimate of drug-likeness (QED) is 0.458. The minimum Gasteiger partial charge on any atom is -0.503 e. The summed E-state index contributed by atoms with van der Waals surface area (Å²) in [7, 11) is 0. The smallest absolute Gasteiger partial charge is 0.229 e. The van der Waals surface area contributed by atoms with Gasteiger partial charge in [-0.3, -0.25) is 0 Å². The predicted molar refractivity (Wildman–Crippen MR) is 125 cm³/mol. The first-order valence-corrected chi connectivity index (χ1v) is 10.3. The van der Waals surface area contributed by atoms with Gasteiger partial charge in [0.2, 0.25) is 5.95 Å². The lowest BCUT2D eigenvalue weighted by molar-refractivity contribution is 0.468. The zero-order valence-electron chi connectivity index (χ0n) is 19.0. The Morgan fingerprint density at radius 1 is 0.667 bits per heavy atom. The molecule has 0 atom stereocenters. The van der Waals surface area contributed by atoms with Crippen LogP contribution >= 0.6 is 0 Å². The van der Waals surface area contributed by atoms with Gasteiger partial charge >= 0.3 is 0 Å². The van der Waals surface area contributed by atoms with Gasteiger partial charge in [0, 0.05) is 11.4 Å². The molecule has 0 amide bonds. The summed E-state index contributed by atoms with van der Waals surface area (Å²) >= 11 is 0. The van der Waals surface area contributed by atoms with E-state index in [0.717, 1.165) is 11.4 Å². The highest BCUT2D eigenvalue weighted by Crippen LogP contribution is 2.31. The highest BCUT2D eigenvalue weighted by atomic mass is 16.3. The zero-order chi connectivity index (χ0) is 22.1. The van der Waals surface area contributed by atoms with E-state index in [4.69, 9.17) is 0 Å². The Labute approximate surface area is 179 Å². The van der Waals surface area contributed by atoms with E-state index in [1.807, 2.05) is 24.3 Å². The van der Waals surface area contributed by atoms with E-state index in [1.165, 1.54) is 11.1 Å². The molecule has 0 fully saturated rings. The fraction of sp³-hybridized carbons (Fsp3) is 0.360. The van der Waals surface area contributed by atoms with Crippen LogP contribution in [0.5, 0.6) is 5.75 Å². The van der Waals surface area contributed by atoms with Gasteiger partial charge in [0.25, 0.3) is 0 Å². The number of nitrogens with zero attached hydrogens (tertiary/aromatic N) is 2. The summed E-state index contributed by atoms with van der Waals surface area (Å²) < 4.78 is 0. The number of hydrogen-bond acceptors (Lipinski definition) is 5. The number of aromatic hydroxyl groups is 1. The van der Waals surface area contributed by atoms with Gasteiger partial charge in [-0.2, -0.15) is 4.98 Å². The maximum absolute atomic E-state index is 10.4. The molecular formula is C25H32N4O. The van der Waals surface area contributed by atoms with Gasteiger partial charge in [-0.1, -0.05) is 65.8 Å². The van der Waals surface area contributed by atoms with E-state index in [2.05, 4.69) is 86.4 Å². The molecule has 3 aromatic rings. The standard InChI is InChI=1S/C25H32N4O/c1-16-21(30)22(27-19-12-8-17(9-13-19)24(2,3)4)29-23(26-16)28-20-14-10-18(11-15-20)25(5,6)7/h8-15,30H,1-7H3,(H2,26,27,28,29). The van der Waals surface area contributed by atoms with Crippen molar-refractivity contribution in [2.45, 2.75) is 59.3 Å². The van der Waals surface area contributed by atoms with Crippen LogP contribution in [0.2, 0.25) is 0 Å². The van der Waals surface area contributed by atoms with Crippen LogP contribution < -0.4 is 10.6 Å². The van der Waals surface area contributed by atoms with Crippen LogP contribution in [0.25, 0.3) is 0 Å². The predicted octanol–water partition coefficient (Wildman–Crippen LogP) is 6.57. The van der Waals surface area contributed by atoms with Crippen molar-refractivity contribution in [2.24, 2.45) is 0 Å². The molecule has 0 aliphatic heterocycles. The first-order chi connectivity index (χ1) is 13.9. The van der Waals surface area contributed by atoms with Gasteiger partial charge in [-0.25, -0.2) is 4.98 Å². The second-order valence-corrected chi connectivity index (χ2v) is 9.73. The number of aromatic nitrogens is 2. The van der Waals surface area contributed by atoms with E-state index >= 15 is 0 Å². The summed E-state index contributed by atoms with van der Waals surface area (Å²) in [6, 6.07) is 16.4. The lowest BCUT2D eigenvalue weighted by atomic mass is 9.87. The third-order valence-corrected chi connectivity index (χ3v) is 5.08. The van der Waals surface area contributed by atoms with Gasteiger partial charge in [-0.15, -0.1) is 0 Å². The topological polar surface area (TPSA) is 70.1 Å². The van der Waals surface area contributed by atoms with Gasteiger partial charge in [-0.05, 0) is 53.1 Å². The molecule has 2 aromatic carbocycles. The van der Waals surface area contributed by atoms with E-state index in [0.29, 0.717) is 17.5 Å². The minimum atomic E-state index is 0.0449. The third-order valence-electron chi connectivity index (χ3n) is 5.08. The summed E-state index contributed by atoms with van der Waals surface area (Å²) in [6.07, 6.45) is 0. The molecule has 0 spiro atoms. The molecule has 30 heavy (non-hydrogen) atoms.